The van der Waals surface area contributed by atoms with E-state index in [2.05, 4.69) is 4.98 Å². The highest BCUT2D eigenvalue weighted by Crippen LogP contribution is 2.25. The van der Waals surface area contributed by atoms with Crippen molar-refractivity contribution in [3.05, 3.63) is 59.4 Å². The second-order valence-corrected chi connectivity index (χ2v) is 6.27. The van der Waals surface area contributed by atoms with Gasteiger partial charge in [0.2, 0.25) is 0 Å². The summed E-state index contributed by atoms with van der Waals surface area (Å²) in [5.41, 5.74) is 2.92. The highest BCUT2D eigenvalue weighted by molar-refractivity contribution is 6.32. The molecule has 0 aliphatic heterocycles. The Bertz CT molecular complexity index is 891. The quantitative estimate of drug-likeness (QED) is 0.625. The molecule has 2 aromatic carbocycles. The Morgan fingerprint density at radius 2 is 2.08 bits per heavy atom. The SMILES string of the molecule is CC(=O)O[C@H](COc1cc(C)ccc1Cl)Cn1cnc2ccccc21. The summed E-state index contributed by atoms with van der Waals surface area (Å²) in [7, 11) is 0. The molecule has 5 nitrogen and oxygen atoms in total. The lowest BCUT2D eigenvalue weighted by Crippen LogP contribution is -2.28. The molecule has 6 heteroatoms. The van der Waals surface area contributed by atoms with E-state index >= 15 is 0 Å². The predicted molar refractivity (Wildman–Crippen MR) is 97.0 cm³/mol. The van der Waals surface area contributed by atoms with Crippen molar-refractivity contribution in [3.63, 3.8) is 0 Å². The summed E-state index contributed by atoms with van der Waals surface area (Å²) >= 11 is 6.16. The van der Waals surface area contributed by atoms with Gasteiger partial charge in [0.25, 0.3) is 0 Å². The Kier molecular flexibility index (Phi) is 5.24. The van der Waals surface area contributed by atoms with E-state index < -0.39 is 6.10 Å². The number of imidazole rings is 1. The fourth-order valence-corrected chi connectivity index (χ4v) is 2.81. The molecule has 0 fully saturated rings. The normalized spacial score (nSPS) is 12.1. The van der Waals surface area contributed by atoms with E-state index in [-0.39, 0.29) is 12.6 Å². The Balaban J connectivity index is 1.75. The second-order valence-electron chi connectivity index (χ2n) is 5.86. The van der Waals surface area contributed by atoms with E-state index in [4.69, 9.17) is 21.1 Å². The number of hydrogen-bond donors (Lipinski definition) is 0. The topological polar surface area (TPSA) is 53.4 Å². The summed E-state index contributed by atoms with van der Waals surface area (Å²) in [5.74, 6) is 0.225. The van der Waals surface area contributed by atoms with Gasteiger partial charge in [-0.25, -0.2) is 4.98 Å². The smallest absolute Gasteiger partial charge is 0.303 e. The second kappa shape index (κ2) is 7.57. The number of aromatic nitrogens is 2. The molecule has 0 saturated heterocycles. The van der Waals surface area contributed by atoms with Crippen molar-refractivity contribution >= 4 is 28.6 Å². The fourth-order valence-electron chi connectivity index (χ4n) is 2.64. The molecule has 3 aromatic rings. The Labute approximate surface area is 151 Å². The molecule has 0 aliphatic rings. The van der Waals surface area contributed by atoms with Crippen LogP contribution in [0, 0.1) is 6.92 Å². The Morgan fingerprint density at radius 3 is 2.88 bits per heavy atom. The van der Waals surface area contributed by atoms with Gasteiger partial charge >= 0.3 is 5.97 Å². The summed E-state index contributed by atoms with van der Waals surface area (Å²) in [6.45, 7) is 4.00. The van der Waals surface area contributed by atoms with Crippen molar-refractivity contribution in [1.29, 1.82) is 0 Å². The van der Waals surface area contributed by atoms with Gasteiger partial charge in [0.1, 0.15) is 12.4 Å². The molecule has 0 aliphatic carbocycles. The molecule has 0 unspecified atom stereocenters. The molecule has 0 saturated carbocycles. The van der Waals surface area contributed by atoms with Gasteiger partial charge in [0.05, 0.1) is 28.9 Å². The Hall–Kier alpha value is -2.53. The van der Waals surface area contributed by atoms with Gasteiger partial charge < -0.3 is 14.0 Å². The zero-order valence-electron chi connectivity index (χ0n) is 14.1. The van der Waals surface area contributed by atoms with Crippen LogP contribution in [0.5, 0.6) is 5.75 Å². The number of fused-ring (bicyclic) bond motifs is 1. The van der Waals surface area contributed by atoms with Gasteiger partial charge in [-0.2, -0.15) is 0 Å². The van der Waals surface area contributed by atoms with E-state index in [0.717, 1.165) is 16.6 Å². The third kappa shape index (κ3) is 4.31. The molecule has 0 spiro atoms. The lowest BCUT2D eigenvalue weighted by Gasteiger charge is -2.19. The number of carbonyl (C=O) groups excluding carboxylic acids is 1. The van der Waals surface area contributed by atoms with Crippen LogP contribution in [0.4, 0.5) is 0 Å². The largest absolute Gasteiger partial charge is 0.488 e. The third-order valence-corrected chi connectivity index (χ3v) is 4.08. The minimum absolute atomic E-state index is 0.204. The molecule has 130 valence electrons. The van der Waals surface area contributed by atoms with Crippen LogP contribution >= 0.6 is 11.6 Å². The van der Waals surface area contributed by atoms with Gasteiger partial charge in [-0.3, -0.25) is 4.79 Å². The Morgan fingerprint density at radius 1 is 1.28 bits per heavy atom. The summed E-state index contributed by atoms with van der Waals surface area (Å²) in [6.07, 6.45) is 1.28. The molecule has 0 radical (unpaired) electrons. The maximum Gasteiger partial charge on any atom is 0.303 e. The first-order chi connectivity index (χ1) is 12.0. The summed E-state index contributed by atoms with van der Waals surface area (Å²) in [6, 6.07) is 13.4. The number of aryl methyl sites for hydroxylation is 1. The van der Waals surface area contributed by atoms with Crippen molar-refractivity contribution in [2.24, 2.45) is 0 Å². The van der Waals surface area contributed by atoms with Crippen LogP contribution in [0.1, 0.15) is 12.5 Å². The number of benzene rings is 2. The summed E-state index contributed by atoms with van der Waals surface area (Å²) in [4.78, 5) is 15.8. The number of carbonyl (C=O) groups is 1. The number of rotatable bonds is 6. The summed E-state index contributed by atoms with van der Waals surface area (Å²) < 4.78 is 13.2. The van der Waals surface area contributed by atoms with E-state index in [1.54, 1.807) is 12.4 Å². The number of nitrogens with zero attached hydrogens (tertiary/aromatic N) is 2. The summed E-state index contributed by atoms with van der Waals surface area (Å²) in [5, 5.41) is 0.528. The van der Waals surface area contributed by atoms with Crippen LogP contribution in [0.3, 0.4) is 0 Å². The van der Waals surface area contributed by atoms with Crippen molar-refractivity contribution in [1.82, 2.24) is 9.55 Å². The number of hydrogen-bond acceptors (Lipinski definition) is 4. The zero-order chi connectivity index (χ0) is 17.8. The maximum absolute atomic E-state index is 11.4. The number of para-hydroxylation sites is 2. The molecular weight excluding hydrogens is 340 g/mol. The van der Waals surface area contributed by atoms with Gasteiger partial charge in [-0.1, -0.05) is 29.8 Å². The maximum atomic E-state index is 11.4. The van der Waals surface area contributed by atoms with Crippen molar-refractivity contribution in [2.45, 2.75) is 26.5 Å². The van der Waals surface area contributed by atoms with Crippen LogP contribution in [-0.4, -0.2) is 28.2 Å². The van der Waals surface area contributed by atoms with Crippen molar-refractivity contribution in [2.75, 3.05) is 6.61 Å². The van der Waals surface area contributed by atoms with Crippen LogP contribution in [0.25, 0.3) is 11.0 Å². The van der Waals surface area contributed by atoms with Gasteiger partial charge in [-0.15, -0.1) is 0 Å². The average Bonchev–Trinajstić information content (AvgIpc) is 2.98. The minimum Gasteiger partial charge on any atom is -0.488 e. The van der Waals surface area contributed by atoms with Crippen molar-refractivity contribution < 1.29 is 14.3 Å². The minimum atomic E-state index is -0.452. The molecule has 25 heavy (non-hydrogen) atoms. The highest BCUT2D eigenvalue weighted by Gasteiger charge is 2.16. The monoisotopic (exact) mass is 358 g/mol. The lowest BCUT2D eigenvalue weighted by atomic mass is 10.2. The number of halogens is 1. The molecular formula is C19H19ClN2O3. The zero-order valence-corrected chi connectivity index (χ0v) is 14.9. The first-order valence-electron chi connectivity index (χ1n) is 7.99. The standard InChI is InChI=1S/C19H19ClN2O3/c1-13-7-8-16(20)19(9-13)24-11-15(25-14(2)23)10-22-12-21-17-5-3-4-6-18(17)22/h3-9,12,15H,10-11H2,1-2H3/t15-/m0/s1. The molecule has 0 amide bonds. The predicted octanol–water partition coefficient (Wildman–Crippen LogP) is 4.01. The van der Waals surface area contributed by atoms with Crippen LogP contribution in [-0.2, 0) is 16.1 Å². The van der Waals surface area contributed by atoms with E-state index in [1.165, 1.54) is 6.92 Å². The van der Waals surface area contributed by atoms with E-state index in [0.29, 0.717) is 17.3 Å². The average molecular weight is 359 g/mol. The van der Waals surface area contributed by atoms with Crippen molar-refractivity contribution in [3.8, 4) is 5.75 Å². The van der Waals surface area contributed by atoms with Gasteiger partial charge in [0, 0.05) is 6.92 Å². The van der Waals surface area contributed by atoms with Gasteiger partial charge in [0.15, 0.2) is 6.10 Å². The number of esters is 1. The highest BCUT2D eigenvalue weighted by atomic mass is 35.5. The van der Waals surface area contributed by atoms with Crippen LogP contribution in [0.15, 0.2) is 48.8 Å². The van der Waals surface area contributed by atoms with Gasteiger partial charge in [-0.05, 0) is 36.8 Å². The first-order valence-corrected chi connectivity index (χ1v) is 8.37. The van der Waals surface area contributed by atoms with Crippen LogP contribution < -0.4 is 4.74 Å². The molecule has 1 atom stereocenters. The fraction of sp³-hybridized carbons (Fsp3) is 0.263. The molecule has 3 rings (SSSR count). The molecule has 0 N–H and O–H groups in total. The lowest BCUT2D eigenvalue weighted by molar-refractivity contribution is -0.148. The van der Waals surface area contributed by atoms with E-state index in [1.807, 2.05) is 47.9 Å². The number of ether oxygens (including phenoxy) is 2. The molecule has 0 bridgehead atoms. The van der Waals surface area contributed by atoms with Crippen LogP contribution in [0.2, 0.25) is 5.02 Å². The third-order valence-electron chi connectivity index (χ3n) is 3.77. The first kappa shape index (κ1) is 17.3. The van der Waals surface area contributed by atoms with E-state index in [9.17, 15) is 4.79 Å². The molecule has 1 heterocycles. The molecule has 1 aromatic heterocycles.